The molecule has 0 aromatic heterocycles. The summed E-state index contributed by atoms with van der Waals surface area (Å²) < 4.78 is 0. The molecule has 160 valence electrons. The third-order valence-corrected chi connectivity index (χ3v) is 7.34. The molecule has 7 rings (SSSR count). The first kappa shape index (κ1) is 20.0. The molecule has 0 heterocycles. The molecule has 0 bridgehead atoms. The summed E-state index contributed by atoms with van der Waals surface area (Å²) in [6, 6.07) is 36.2. The van der Waals surface area contributed by atoms with Crippen LogP contribution in [-0.4, -0.2) is 0 Å². The van der Waals surface area contributed by atoms with Gasteiger partial charge in [-0.2, -0.15) is 0 Å². The van der Waals surface area contributed by atoms with Crippen LogP contribution in [0.3, 0.4) is 0 Å². The van der Waals surface area contributed by atoms with Crippen molar-refractivity contribution in [1.29, 1.82) is 0 Å². The molecule has 1 aliphatic rings. The summed E-state index contributed by atoms with van der Waals surface area (Å²) in [5.41, 5.74) is 5.58. The highest BCUT2D eigenvalue weighted by molar-refractivity contribution is 6.17. The average Bonchev–Trinajstić information content (AvgIpc) is 2.85. The van der Waals surface area contributed by atoms with Crippen LogP contribution in [0.2, 0.25) is 0 Å². The van der Waals surface area contributed by atoms with Crippen molar-refractivity contribution < 1.29 is 0 Å². The lowest BCUT2D eigenvalue weighted by molar-refractivity contribution is 0.652. The maximum absolute atomic E-state index is 2.40. The zero-order valence-corrected chi connectivity index (χ0v) is 19.7. The Labute approximate surface area is 195 Å². The minimum Gasteiger partial charge on any atom is -0.0683 e. The number of benzene rings is 6. The fraction of sp³-hybridized carbons (Fsp3) is 0.152. The molecule has 0 saturated heterocycles. The van der Waals surface area contributed by atoms with Gasteiger partial charge < -0.3 is 0 Å². The molecule has 0 fully saturated rings. The van der Waals surface area contributed by atoms with Gasteiger partial charge in [0.15, 0.2) is 0 Å². The summed E-state index contributed by atoms with van der Waals surface area (Å²) in [6.07, 6.45) is 0. The first-order valence-corrected chi connectivity index (χ1v) is 12.0. The quantitative estimate of drug-likeness (QED) is 0.213. The van der Waals surface area contributed by atoms with Crippen LogP contribution in [0.25, 0.3) is 54.2 Å². The van der Waals surface area contributed by atoms with Crippen molar-refractivity contribution in [3.05, 3.63) is 108 Å². The monoisotopic (exact) mass is 424 g/mol. The van der Waals surface area contributed by atoms with E-state index in [4.69, 9.17) is 0 Å². The fourth-order valence-electron chi connectivity index (χ4n) is 5.94. The van der Waals surface area contributed by atoms with Gasteiger partial charge in [0.05, 0.1) is 0 Å². The third-order valence-electron chi connectivity index (χ3n) is 7.34. The Morgan fingerprint density at radius 3 is 1.91 bits per heavy atom. The SMILES string of the molecule is CC.CC1(C)c2ccc3cc4ccccc4cc3c2-c2cccc3cc4ccccc4c1c23. The van der Waals surface area contributed by atoms with E-state index in [0.717, 1.165) is 0 Å². The van der Waals surface area contributed by atoms with Gasteiger partial charge >= 0.3 is 0 Å². The smallest absolute Gasteiger partial charge is 0.0165 e. The zero-order valence-electron chi connectivity index (χ0n) is 19.7. The predicted molar refractivity (Wildman–Crippen MR) is 145 cm³/mol. The third kappa shape index (κ3) is 2.70. The minimum absolute atomic E-state index is 0.0807. The summed E-state index contributed by atoms with van der Waals surface area (Å²) in [7, 11) is 0. The van der Waals surface area contributed by atoms with Crippen molar-refractivity contribution in [1.82, 2.24) is 0 Å². The molecular formula is C33H28. The molecule has 0 heteroatoms. The first-order chi connectivity index (χ1) is 16.1. The van der Waals surface area contributed by atoms with Crippen LogP contribution in [0.1, 0.15) is 38.8 Å². The molecule has 33 heavy (non-hydrogen) atoms. The van der Waals surface area contributed by atoms with Crippen LogP contribution in [0.5, 0.6) is 0 Å². The van der Waals surface area contributed by atoms with Crippen molar-refractivity contribution in [2.24, 2.45) is 0 Å². The fourth-order valence-corrected chi connectivity index (χ4v) is 5.94. The van der Waals surface area contributed by atoms with Crippen molar-refractivity contribution in [2.45, 2.75) is 33.1 Å². The Bertz CT molecular complexity index is 1700. The average molecular weight is 425 g/mol. The second kappa shape index (κ2) is 7.18. The van der Waals surface area contributed by atoms with E-state index in [2.05, 4.69) is 111 Å². The van der Waals surface area contributed by atoms with Crippen LogP contribution in [-0.2, 0) is 5.41 Å². The molecule has 6 aromatic carbocycles. The first-order valence-electron chi connectivity index (χ1n) is 12.0. The molecule has 0 nitrogen and oxygen atoms in total. The minimum atomic E-state index is -0.0807. The number of fused-ring (bicyclic) bond motifs is 7. The molecule has 0 N–H and O–H groups in total. The largest absolute Gasteiger partial charge is 0.0683 e. The van der Waals surface area contributed by atoms with E-state index in [-0.39, 0.29) is 5.41 Å². The van der Waals surface area contributed by atoms with E-state index in [1.807, 2.05) is 13.8 Å². The second-order valence-electron chi connectivity index (χ2n) is 9.41. The molecule has 0 spiro atoms. The van der Waals surface area contributed by atoms with Gasteiger partial charge in [0, 0.05) is 5.41 Å². The van der Waals surface area contributed by atoms with Crippen molar-refractivity contribution in [3.63, 3.8) is 0 Å². The Balaban J connectivity index is 0.00000101. The Hall–Kier alpha value is -3.64. The highest BCUT2D eigenvalue weighted by atomic mass is 14.4. The van der Waals surface area contributed by atoms with E-state index in [9.17, 15) is 0 Å². The van der Waals surface area contributed by atoms with E-state index < -0.39 is 0 Å². The molecule has 0 radical (unpaired) electrons. The van der Waals surface area contributed by atoms with Crippen molar-refractivity contribution >= 4 is 43.1 Å². The lowest BCUT2D eigenvalue weighted by Crippen LogP contribution is -2.24. The van der Waals surface area contributed by atoms with Crippen LogP contribution in [0.4, 0.5) is 0 Å². The molecule has 0 unspecified atom stereocenters. The Kier molecular flexibility index (Phi) is 4.35. The maximum atomic E-state index is 2.40. The highest BCUT2D eigenvalue weighted by Gasteiger charge is 2.35. The summed E-state index contributed by atoms with van der Waals surface area (Å²) in [6.45, 7) is 8.80. The van der Waals surface area contributed by atoms with Gasteiger partial charge in [0.2, 0.25) is 0 Å². The van der Waals surface area contributed by atoms with Gasteiger partial charge in [-0.15, -0.1) is 0 Å². The van der Waals surface area contributed by atoms with Gasteiger partial charge in [0.25, 0.3) is 0 Å². The number of hydrogen-bond donors (Lipinski definition) is 0. The van der Waals surface area contributed by atoms with E-state index >= 15 is 0 Å². The van der Waals surface area contributed by atoms with Crippen molar-refractivity contribution in [3.8, 4) is 11.1 Å². The van der Waals surface area contributed by atoms with Crippen LogP contribution in [0.15, 0.2) is 97.1 Å². The molecular weight excluding hydrogens is 396 g/mol. The van der Waals surface area contributed by atoms with E-state index in [1.54, 1.807) is 0 Å². The molecule has 0 amide bonds. The lowest BCUT2D eigenvalue weighted by Gasteiger charge is -2.37. The van der Waals surface area contributed by atoms with Gasteiger partial charge in [-0.1, -0.05) is 107 Å². The lowest BCUT2D eigenvalue weighted by atomic mass is 9.66. The molecule has 0 aliphatic heterocycles. The summed E-state index contributed by atoms with van der Waals surface area (Å²) in [5, 5.41) is 10.7. The summed E-state index contributed by atoms with van der Waals surface area (Å²) >= 11 is 0. The Morgan fingerprint density at radius 2 is 1.12 bits per heavy atom. The van der Waals surface area contributed by atoms with Crippen LogP contribution < -0.4 is 0 Å². The summed E-state index contributed by atoms with van der Waals surface area (Å²) in [5.74, 6) is 0. The van der Waals surface area contributed by atoms with Crippen molar-refractivity contribution in [2.75, 3.05) is 0 Å². The standard InChI is InChI=1S/C31H22.C2H6/c1-31(2)27-15-14-22-16-19-8-3-4-9-20(19)18-26(22)29(27)25-13-7-11-23-17-21-10-5-6-12-24(21)30(31)28(23)25;1-2/h3-18H,1-2H3;1-2H3. The molecule has 0 atom stereocenters. The van der Waals surface area contributed by atoms with Gasteiger partial charge in [0.1, 0.15) is 0 Å². The second-order valence-corrected chi connectivity index (χ2v) is 9.41. The van der Waals surface area contributed by atoms with Gasteiger partial charge in [-0.3, -0.25) is 0 Å². The van der Waals surface area contributed by atoms with E-state index in [0.29, 0.717) is 0 Å². The predicted octanol–water partition coefficient (Wildman–Crippen LogP) is 9.63. The zero-order chi connectivity index (χ0) is 22.7. The number of rotatable bonds is 0. The van der Waals surface area contributed by atoms with Gasteiger partial charge in [-0.05, 0) is 83.5 Å². The topological polar surface area (TPSA) is 0 Å². The highest BCUT2D eigenvalue weighted by Crippen LogP contribution is 2.53. The van der Waals surface area contributed by atoms with Gasteiger partial charge in [-0.25, -0.2) is 0 Å². The van der Waals surface area contributed by atoms with Crippen LogP contribution in [0, 0.1) is 0 Å². The normalized spacial score (nSPS) is 13.7. The molecule has 0 saturated carbocycles. The molecule has 1 aliphatic carbocycles. The maximum Gasteiger partial charge on any atom is 0.0165 e. The van der Waals surface area contributed by atoms with E-state index in [1.165, 1.54) is 65.3 Å². The number of hydrogen-bond acceptors (Lipinski definition) is 0. The molecule has 6 aromatic rings. The van der Waals surface area contributed by atoms with Crippen LogP contribution >= 0.6 is 0 Å². The summed E-state index contributed by atoms with van der Waals surface area (Å²) in [4.78, 5) is 0. The Morgan fingerprint density at radius 1 is 0.515 bits per heavy atom.